The first-order chi connectivity index (χ1) is 8.40. The summed E-state index contributed by atoms with van der Waals surface area (Å²) in [5.41, 5.74) is 8.24. The van der Waals surface area contributed by atoms with E-state index in [1.807, 2.05) is 26.0 Å². The average molecular weight is 240 g/mol. The number of phenols is 1. The van der Waals surface area contributed by atoms with Crippen LogP contribution in [0.2, 0.25) is 0 Å². The van der Waals surface area contributed by atoms with Crippen LogP contribution in [0.25, 0.3) is 11.1 Å². The molecule has 0 fully saturated rings. The summed E-state index contributed by atoms with van der Waals surface area (Å²) >= 11 is 0. The van der Waals surface area contributed by atoms with Crippen molar-refractivity contribution in [2.24, 2.45) is 0 Å². The zero-order chi connectivity index (χ0) is 13.4. The van der Waals surface area contributed by atoms with Gasteiger partial charge in [-0.25, -0.2) is 0 Å². The van der Waals surface area contributed by atoms with E-state index in [1.165, 1.54) is 27.8 Å². The van der Waals surface area contributed by atoms with Crippen LogP contribution in [0.5, 0.6) is 5.75 Å². The van der Waals surface area contributed by atoms with Gasteiger partial charge in [0, 0.05) is 0 Å². The number of hydrogen-bond acceptors (Lipinski definition) is 1. The fraction of sp³-hybridized carbons (Fsp3) is 0.294. The highest BCUT2D eigenvalue weighted by molar-refractivity contribution is 5.69. The van der Waals surface area contributed by atoms with Crippen molar-refractivity contribution < 1.29 is 5.11 Å². The Bertz CT molecular complexity index is 507. The van der Waals surface area contributed by atoms with Gasteiger partial charge in [-0.1, -0.05) is 12.1 Å². The van der Waals surface area contributed by atoms with Crippen LogP contribution >= 0.6 is 0 Å². The zero-order valence-corrected chi connectivity index (χ0v) is 11.8. The van der Waals surface area contributed by atoms with Gasteiger partial charge in [0.2, 0.25) is 0 Å². The number of rotatable bonds is 1. The topological polar surface area (TPSA) is 20.2 Å². The van der Waals surface area contributed by atoms with Crippen molar-refractivity contribution in [1.29, 1.82) is 0 Å². The molecule has 0 unspecified atom stereocenters. The minimum Gasteiger partial charge on any atom is -0.507 e. The summed E-state index contributed by atoms with van der Waals surface area (Å²) in [4.78, 5) is 0. The first-order valence-corrected chi connectivity index (χ1v) is 6.28. The largest absolute Gasteiger partial charge is 0.507 e. The second kappa shape index (κ2) is 4.49. The monoisotopic (exact) mass is 240 g/mol. The lowest BCUT2D eigenvalue weighted by Gasteiger charge is -2.12. The number of aryl methyl sites for hydroxylation is 4. The Morgan fingerprint density at radius 3 is 1.33 bits per heavy atom. The molecule has 0 aliphatic carbocycles. The zero-order valence-electron chi connectivity index (χ0n) is 11.8. The number of benzene rings is 2. The normalized spacial score (nSPS) is 10.7. The van der Waals surface area contributed by atoms with Crippen LogP contribution in [0.3, 0.4) is 0 Å². The molecule has 1 heteroatoms. The second-order valence-electron chi connectivity index (χ2n) is 5.19. The predicted octanol–water partition coefficient (Wildman–Crippen LogP) is 4.60. The molecule has 1 nitrogen and oxygen atoms in total. The second-order valence-corrected chi connectivity index (χ2v) is 5.19. The summed E-state index contributed by atoms with van der Waals surface area (Å²) in [6, 6.07) is 8.53. The van der Waals surface area contributed by atoms with Crippen LogP contribution in [-0.4, -0.2) is 5.11 Å². The molecule has 0 saturated heterocycles. The van der Waals surface area contributed by atoms with Gasteiger partial charge in [0.25, 0.3) is 0 Å². The molecule has 0 aliphatic heterocycles. The van der Waals surface area contributed by atoms with Crippen molar-refractivity contribution >= 4 is 0 Å². The van der Waals surface area contributed by atoms with E-state index >= 15 is 0 Å². The van der Waals surface area contributed by atoms with E-state index in [-0.39, 0.29) is 0 Å². The van der Waals surface area contributed by atoms with Crippen molar-refractivity contribution in [2.75, 3.05) is 0 Å². The molecule has 0 heterocycles. The minimum absolute atomic E-state index is 0.402. The lowest BCUT2D eigenvalue weighted by Crippen LogP contribution is -1.90. The van der Waals surface area contributed by atoms with Crippen LogP contribution in [0.15, 0.2) is 24.3 Å². The predicted molar refractivity (Wildman–Crippen MR) is 77.2 cm³/mol. The third kappa shape index (κ3) is 2.13. The van der Waals surface area contributed by atoms with Crippen molar-refractivity contribution in [3.8, 4) is 16.9 Å². The fourth-order valence-corrected chi connectivity index (χ4v) is 2.32. The lowest BCUT2D eigenvalue weighted by atomic mass is 9.94. The SMILES string of the molecule is Cc1cc(-c2cc(C)c(O)c(C)c2)cc(C)c1C. The van der Waals surface area contributed by atoms with Crippen LogP contribution < -0.4 is 0 Å². The summed E-state index contributed by atoms with van der Waals surface area (Å²) in [5.74, 6) is 0.402. The van der Waals surface area contributed by atoms with E-state index in [4.69, 9.17) is 0 Å². The molecule has 18 heavy (non-hydrogen) atoms. The van der Waals surface area contributed by atoms with Gasteiger partial charge >= 0.3 is 0 Å². The third-order valence-electron chi connectivity index (χ3n) is 3.75. The molecule has 1 N–H and O–H groups in total. The van der Waals surface area contributed by atoms with Crippen molar-refractivity contribution in [3.05, 3.63) is 52.1 Å². The third-order valence-corrected chi connectivity index (χ3v) is 3.75. The number of aromatic hydroxyl groups is 1. The average Bonchev–Trinajstić information content (AvgIpc) is 2.31. The van der Waals surface area contributed by atoms with E-state index in [0.29, 0.717) is 5.75 Å². The summed E-state index contributed by atoms with van der Waals surface area (Å²) in [6.07, 6.45) is 0. The molecule has 0 aromatic heterocycles. The van der Waals surface area contributed by atoms with Crippen LogP contribution in [0.1, 0.15) is 27.8 Å². The van der Waals surface area contributed by atoms with Gasteiger partial charge in [-0.2, -0.15) is 0 Å². The molecule has 2 rings (SSSR count). The van der Waals surface area contributed by atoms with Crippen molar-refractivity contribution in [3.63, 3.8) is 0 Å². The Balaban J connectivity index is 2.63. The molecular weight excluding hydrogens is 220 g/mol. The lowest BCUT2D eigenvalue weighted by molar-refractivity contribution is 0.467. The molecule has 2 aromatic carbocycles. The van der Waals surface area contributed by atoms with Crippen LogP contribution in [0, 0.1) is 34.6 Å². The highest BCUT2D eigenvalue weighted by atomic mass is 16.3. The highest BCUT2D eigenvalue weighted by Gasteiger charge is 2.07. The Kier molecular flexibility index (Phi) is 3.16. The standard InChI is InChI=1S/C17H20O/c1-10-6-15(7-11(2)14(10)5)16-8-12(3)17(18)13(4)9-16/h6-9,18H,1-5H3. The van der Waals surface area contributed by atoms with Gasteiger partial charge in [0.05, 0.1) is 0 Å². The molecular formula is C17H20O. The van der Waals surface area contributed by atoms with Gasteiger partial charge in [0.15, 0.2) is 0 Å². The van der Waals surface area contributed by atoms with Gasteiger partial charge < -0.3 is 5.11 Å². The molecule has 0 amide bonds. The fourth-order valence-electron chi connectivity index (χ4n) is 2.32. The molecule has 0 aliphatic rings. The van der Waals surface area contributed by atoms with E-state index in [1.54, 1.807) is 0 Å². The molecule has 0 atom stereocenters. The molecule has 0 spiro atoms. The minimum atomic E-state index is 0.402. The van der Waals surface area contributed by atoms with E-state index < -0.39 is 0 Å². The molecule has 2 aromatic rings. The summed E-state index contributed by atoms with van der Waals surface area (Å²) in [6.45, 7) is 10.3. The van der Waals surface area contributed by atoms with Crippen LogP contribution in [-0.2, 0) is 0 Å². The van der Waals surface area contributed by atoms with Gasteiger partial charge in [-0.3, -0.25) is 0 Å². The van der Waals surface area contributed by atoms with Gasteiger partial charge in [0.1, 0.15) is 5.75 Å². The van der Waals surface area contributed by atoms with E-state index in [9.17, 15) is 5.11 Å². The Labute approximate surface area is 109 Å². The Morgan fingerprint density at radius 2 is 0.944 bits per heavy atom. The van der Waals surface area contributed by atoms with E-state index in [0.717, 1.165) is 11.1 Å². The highest BCUT2D eigenvalue weighted by Crippen LogP contribution is 2.31. The Hall–Kier alpha value is -1.76. The van der Waals surface area contributed by atoms with Crippen molar-refractivity contribution in [2.45, 2.75) is 34.6 Å². The smallest absolute Gasteiger partial charge is 0.121 e. The molecule has 0 bridgehead atoms. The summed E-state index contributed by atoms with van der Waals surface area (Å²) in [5, 5.41) is 9.83. The molecule has 94 valence electrons. The van der Waals surface area contributed by atoms with Crippen LogP contribution in [0.4, 0.5) is 0 Å². The summed E-state index contributed by atoms with van der Waals surface area (Å²) < 4.78 is 0. The first kappa shape index (κ1) is 12.7. The molecule has 0 radical (unpaired) electrons. The maximum Gasteiger partial charge on any atom is 0.121 e. The quantitative estimate of drug-likeness (QED) is 0.772. The maximum atomic E-state index is 9.83. The first-order valence-electron chi connectivity index (χ1n) is 6.28. The van der Waals surface area contributed by atoms with E-state index in [2.05, 4.69) is 32.9 Å². The summed E-state index contributed by atoms with van der Waals surface area (Å²) in [7, 11) is 0. The van der Waals surface area contributed by atoms with Gasteiger partial charge in [-0.15, -0.1) is 0 Å². The number of phenolic OH excluding ortho intramolecular Hbond substituents is 1. The number of hydrogen-bond donors (Lipinski definition) is 1. The van der Waals surface area contributed by atoms with Gasteiger partial charge in [-0.05, 0) is 85.7 Å². The maximum absolute atomic E-state index is 9.83. The van der Waals surface area contributed by atoms with Crippen molar-refractivity contribution in [1.82, 2.24) is 0 Å². The Morgan fingerprint density at radius 1 is 0.611 bits per heavy atom. The molecule has 0 saturated carbocycles.